The minimum absolute atomic E-state index is 0.752. The molecule has 1 heterocycles. The van der Waals surface area contributed by atoms with Gasteiger partial charge in [-0.05, 0) is 28.1 Å². The molecule has 0 aliphatic rings. The van der Waals surface area contributed by atoms with Gasteiger partial charge in [0.15, 0.2) is 6.29 Å². The minimum Gasteiger partial charge on any atom is -0.298 e. The first kappa shape index (κ1) is 9.37. The molecule has 13 heavy (non-hydrogen) atoms. The van der Waals surface area contributed by atoms with E-state index in [1.54, 1.807) is 11.3 Å². The first-order chi connectivity index (χ1) is 6.22. The second-order valence-corrected chi connectivity index (χ2v) is 5.22. The highest BCUT2D eigenvalue weighted by Crippen LogP contribution is 2.34. The highest BCUT2D eigenvalue weighted by Gasteiger charge is 2.06. The first-order valence-electron chi connectivity index (χ1n) is 3.54. The number of hydrogen-bond acceptors (Lipinski definition) is 2. The van der Waals surface area contributed by atoms with Crippen LogP contribution in [0.25, 0.3) is 10.1 Å². The maximum Gasteiger partial charge on any atom is 0.151 e. The first-order valence-corrected chi connectivity index (χ1v) is 6.00. The van der Waals surface area contributed by atoms with Crippen LogP contribution in [0.5, 0.6) is 0 Å². The number of carbonyl (C=O) groups excluding carboxylic acids is 1. The Labute approximate surface area is 96.0 Å². The Morgan fingerprint density at radius 2 is 2.08 bits per heavy atom. The number of benzene rings is 1. The summed E-state index contributed by atoms with van der Waals surface area (Å²) in [7, 11) is 0. The lowest BCUT2D eigenvalue weighted by molar-refractivity contribution is 0.112. The third-order valence-electron chi connectivity index (χ3n) is 1.75. The van der Waals surface area contributed by atoms with Gasteiger partial charge in [0.05, 0.1) is 0 Å². The summed E-state index contributed by atoms with van der Waals surface area (Å²) >= 11 is 8.42. The summed E-state index contributed by atoms with van der Waals surface area (Å²) in [4.78, 5) is 10.7. The van der Waals surface area contributed by atoms with Crippen LogP contribution < -0.4 is 0 Å². The monoisotopic (exact) mass is 318 g/mol. The van der Waals surface area contributed by atoms with Gasteiger partial charge >= 0.3 is 0 Å². The molecule has 0 bridgehead atoms. The zero-order valence-corrected chi connectivity index (χ0v) is 10.4. The largest absolute Gasteiger partial charge is 0.298 e. The molecule has 0 amide bonds. The van der Waals surface area contributed by atoms with E-state index in [9.17, 15) is 4.79 Å². The fourth-order valence-corrected chi connectivity index (χ4v) is 3.58. The van der Waals surface area contributed by atoms with Crippen molar-refractivity contribution < 1.29 is 4.79 Å². The smallest absolute Gasteiger partial charge is 0.151 e. The SMILES string of the molecule is O=Cc1csc2c(Br)cc(Br)cc12. The molecule has 0 saturated heterocycles. The van der Waals surface area contributed by atoms with Crippen LogP contribution >= 0.6 is 43.2 Å². The average Bonchev–Trinajstić information content (AvgIpc) is 2.47. The lowest BCUT2D eigenvalue weighted by atomic mass is 10.2. The van der Waals surface area contributed by atoms with Crippen molar-refractivity contribution in [1.29, 1.82) is 0 Å². The summed E-state index contributed by atoms with van der Waals surface area (Å²) in [5, 5.41) is 2.87. The minimum atomic E-state index is 0.752. The number of hydrogen-bond donors (Lipinski definition) is 0. The topological polar surface area (TPSA) is 17.1 Å². The van der Waals surface area contributed by atoms with Crippen molar-refractivity contribution in [3.63, 3.8) is 0 Å². The number of thiophene rings is 1. The van der Waals surface area contributed by atoms with Gasteiger partial charge in [-0.25, -0.2) is 0 Å². The van der Waals surface area contributed by atoms with E-state index in [2.05, 4.69) is 31.9 Å². The third kappa shape index (κ3) is 1.58. The molecule has 2 aromatic rings. The Kier molecular flexibility index (Phi) is 2.53. The summed E-state index contributed by atoms with van der Waals surface area (Å²) in [5.74, 6) is 0. The van der Waals surface area contributed by atoms with Crippen LogP contribution in [0.15, 0.2) is 26.5 Å². The van der Waals surface area contributed by atoms with Crippen molar-refractivity contribution in [2.24, 2.45) is 0 Å². The van der Waals surface area contributed by atoms with E-state index in [1.165, 1.54) is 0 Å². The van der Waals surface area contributed by atoms with Crippen molar-refractivity contribution >= 4 is 59.6 Å². The highest BCUT2D eigenvalue weighted by atomic mass is 79.9. The van der Waals surface area contributed by atoms with Crippen molar-refractivity contribution in [2.45, 2.75) is 0 Å². The molecule has 2 rings (SSSR count). The van der Waals surface area contributed by atoms with E-state index in [-0.39, 0.29) is 0 Å². The Morgan fingerprint density at radius 3 is 2.77 bits per heavy atom. The van der Waals surface area contributed by atoms with Crippen LogP contribution in [0.2, 0.25) is 0 Å². The van der Waals surface area contributed by atoms with E-state index in [0.29, 0.717) is 0 Å². The molecular weight excluding hydrogens is 316 g/mol. The molecule has 4 heteroatoms. The molecule has 0 saturated carbocycles. The van der Waals surface area contributed by atoms with Crippen molar-refractivity contribution in [3.8, 4) is 0 Å². The molecule has 0 aliphatic carbocycles. The predicted molar refractivity (Wildman–Crippen MR) is 62.6 cm³/mol. The number of rotatable bonds is 1. The molecule has 1 aromatic heterocycles. The zero-order valence-electron chi connectivity index (χ0n) is 6.38. The number of aldehydes is 1. The van der Waals surface area contributed by atoms with Crippen molar-refractivity contribution in [2.75, 3.05) is 0 Å². The second-order valence-electron chi connectivity index (χ2n) is 2.57. The van der Waals surface area contributed by atoms with E-state index < -0.39 is 0 Å². The van der Waals surface area contributed by atoms with Crippen LogP contribution in [-0.4, -0.2) is 6.29 Å². The van der Waals surface area contributed by atoms with Crippen molar-refractivity contribution in [1.82, 2.24) is 0 Å². The van der Waals surface area contributed by atoms with Crippen molar-refractivity contribution in [3.05, 3.63) is 32.0 Å². The molecule has 0 unspecified atom stereocenters. The molecule has 1 nitrogen and oxygen atoms in total. The molecule has 0 atom stereocenters. The van der Waals surface area contributed by atoms with Crippen LogP contribution in [0, 0.1) is 0 Å². The van der Waals surface area contributed by atoms with Gasteiger partial charge in [0, 0.05) is 30.0 Å². The molecular formula is C9H4Br2OS. The molecule has 0 radical (unpaired) electrons. The fourth-order valence-electron chi connectivity index (χ4n) is 1.17. The predicted octanol–water partition coefficient (Wildman–Crippen LogP) is 4.24. The van der Waals surface area contributed by atoms with Crippen LogP contribution in [0.4, 0.5) is 0 Å². The van der Waals surface area contributed by atoms with Gasteiger partial charge in [-0.15, -0.1) is 11.3 Å². The normalized spacial score (nSPS) is 10.6. The van der Waals surface area contributed by atoms with Gasteiger partial charge in [0.25, 0.3) is 0 Å². The average molecular weight is 320 g/mol. The van der Waals surface area contributed by atoms with E-state index >= 15 is 0 Å². The van der Waals surface area contributed by atoms with Crippen LogP contribution in [-0.2, 0) is 0 Å². The quantitative estimate of drug-likeness (QED) is 0.719. The third-order valence-corrected chi connectivity index (χ3v) is 4.14. The number of fused-ring (bicyclic) bond motifs is 1. The molecule has 0 aliphatic heterocycles. The lowest BCUT2D eigenvalue weighted by Gasteiger charge is -1.96. The lowest BCUT2D eigenvalue weighted by Crippen LogP contribution is -1.75. The molecule has 66 valence electrons. The van der Waals surface area contributed by atoms with E-state index in [1.807, 2.05) is 17.5 Å². The van der Waals surface area contributed by atoms with Gasteiger partial charge < -0.3 is 0 Å². The summed E-state index contributed by atoms with van der Waals surface area (Å²) in [6.45, 7) is 0. The summed E-state index contributed by atoms with van der Waals surface area (Å²) < 4.78 is 3.12. The van der Waals surface area contributed by atoms with Gasteiger partial charge in [0.1, 0.15) is 0 Å². The van der Waals surface area contributed by atoms with Gasteiger partial charge in [0.2, 0.25) is 0 Å². The maximum atomic E-state index is 10.7. The highest BCUT2D eigenvalue weighted by molar-refractivity contribution is 9.11. The van der Waals surface area contributed by atoms with Gasteiger partial charge in [-0.2, -0.15) is 0 Å². The molecule has 0 fully saturated rings. The second kappa shape index (κ2) is 3.52. The Morgan fingerprint density at radius 1 is 1.31 bits per heavy atom. The Balaban J connectivity index is 2.89. The van der Waals surface area contributed by atoms with E-state index in [4.69, 9.17) is 0 Å². The van der Waals surface area contributed by atoms with Crippen LogP contribution in [0.1, 0.15) is 10.4 Å². The van der Waals surface area contributed by atoms with Gasteiger partial charge in [-0.3, -0.25) is 4.79 Å². The fraction of sp³-hybridized carbons (Fsp3) is 0. The summed E-state index contributed by atoms with van der Waals surface area (Å²) in [6.07, 6.45) is 0.887. The number of halogens is 2. The Hall–Kier alpha value is -0.190. The number of carbonyl (C=O) groups is 1. The molecule has 1 aromatic carbocycles. The molecule has 0 N–H and O–H groups in total. The maximum absolute atomic E-state index is 10.7. The Bertz CT molecular complexity index is 476. The van der Waals surface area contributed by atoms with Gasteiger partial charge in [-0.1, -0.05) is 15.9 Å². The standard InChI is InChI=1S/C9H4Br2OS/c10-6-1-7-5(3-12)4-13-9(7)8(11)2-6/h1-4H. The van der Waals surface area contributed by atoms with E-state index in [0.717, 1.165) is 30.9 Å². The molecule has 0 spiro atoms. The zero-order chi connectivity index (χ0) is 9.42. The summed E-state index contributed by atoms with van der Waals surface area (Å²) in [6, 6.07) is 3.94. The summed E-state index contributed by atoms with van der Waals surface area (Å²) in [5.41, 5.74) is 0.752. The van der Waals surface area contributed by atoms with Crippen LogP contribution in [0.3, 0.4) is 0 Å².